The summed E-state index contributed by atoms with van der Waals surface area (Å²) < 4.78 is 2.26. The van der Waals surface area contributed by atoms with Gasteiger partial charge in [-0.25, -0.2) is 4.98 Å². The lowest BCUT2D eigenvalue weighted by Gasteiger charge is -2.13. The normalized spacial score (nSPS) is 11.5. The number of amides is 1. The van der Waals surface area contributed by atoms with Gasteiger partial charge in [-0.2, -0.15) is 0 Å². The zero-order valence-electron chi connectivity index (χ0n) is 18.6. The van der Waals surface area contributed by atoms with Crippen molar-refractivity contribution < 1.29 is 4.79 Å². The van der Waals surface area contributed by atoms with Crippen LogP contribution in [0.3, 0.4) is 0 Å². The Hall–Kier alpha value is -3.35. The van der Waals surface area contributed by atoms with Crippen molar-refractivity contribution in [1.29, 1.82) is 0 Å². The number of aromatic nitrogens is 2. The first-order chi connectivity index (χ1) is 15.1. The van der Waals surface area contributed by atoms with Crippen LogP contribution in [0.5, 0.6) is 0 Å². The minimum atomic E-state index is 0.0472. The number of para-hydroxylation sites is 2. The lowest BCUT2D eigenvalue weighted by Crippen LogP contribution is -2.37. The van der Waals surface area contributed by atoms with E-state index in [1.165, 1.54) is 5.52 Å². The summed E-state index contributed by atoms with van der Waals surface area (Å²) in [5.74, 6) is 1.84. The number of carbonyl (C=O) groups is 1. The zero-order valence-corrected chi connectivity index (χ0v) is 18.6. The summed E-state index contributed by atoms with van der Waals surface area (Å²) >= 11 is 0. The van der Waals surface area contributed by atoms with Crippen molar-refractivity contribution in [2.45, 2.75) is 46.2 Å². The van der Waals surface area contributed by atoms with E-state index in [1.54, 1.807) is 7.05 Å². The number of guanidine groups is 1. The molecule has 0 saturated carbocycles. The van der Waals surface area contributed by atoms with E-state index >= 15 is 0 Å². The van der Waals surface area contributed by atoms with Crippen LogP contribution in [0.4, 0.5) is 5.69 Å². The standard InChI is InChI=1S/C24H32N6O/c1-4-9-23(31)29-20-11-7-10-19(16-20)17-27-24(25-3)26-14-8-15-30-18(2)28-21-12-5-6-13-22(21)30/h5-7,10-13,16H,4,8-9,14-15,17H2,1-3H3,(H,29,31)(H2,25,26,27). The molecule has 0 atom stereocenters. The Bertz CT molecular complexity index is 1040. The maximum absolute atomic E-state index is 11.8. The van der Waals surface area contributed by atoms with Crippen LogP contribution in [-0.2, 0) is 17.9 Å². The number of hydrogen-bond acceptors (Lipinski definition) is 3. The van der Waals surface area contributed by atoms with E-state index in [9.17, 15) is 4.79 Å². The van der Waals surface area contributed by atoms with Crippen molar-refractivity contribution in [2.24, 2.45) is 4.99 Å². The van der Waals surface area contributed by atoms with Gasteiger partial charge in [0.25, 0.3) is 0 Å². The molecule has 0 aliphatic carbocycles. The van der Waals surface area contributed by atoms with Gasteiger partial charge in [0.15, 0.2) is 5.96 Å². The van der Waals surface area contributed by atoms with Gasteiger partial charge in [-0.05, 0) is 49.6 Å². The number of aliphatic imine (C=N–C) groups is 1. The second-order valence-electron chi connectivity index (χ2n) is 7.50. The smallest absolute Gasteiger partial charge is 0.224 e. The molecule has 0 fully saturated rings. The molecule has 7 heteroatoms. The minimum absolute atomic E-state index is 0.0472. The first-order valence-electron chi connectivity index (χ1n) is 10.9. The number of aryl methyl sites for hydroxylation is 2. The van der Waals surface area contributed by atoms with Gasteiger partial charge in [0.05, 0.1) is 11.0 Å². The van der Waals surface area contributed by atoms with E-state index in [0.717, 1.165) is 54.5 Å². The minimum Gasteiger partial charge on any atom is -0.356 e. The SMILES string of the molecule is CCCC(=O)Nc1cccc(CNC(=NC)NCCCn2c(C)nc3ccccc32)c1. The zero-order chi connectivity index (χ0) is 22.1. The molecule has 0 unspecified atom stereocenters. The molecule has 1 amide bonds. The summed E-state index contributed by atoms with van der Waals surface area (Å²) in [7, 11) is 1.77. The monoisotopic (exact) mass is 420 g/mol. The van der Waals surface area contributed by atoms with Crippen molar-refractivity contribution >= 4 is 28.6 Å². The molecule has 0 radical (unpaired) electrons. The van der Waals surface area contributed by atoms with Crippen LogP contribution >= 0.6 is 0 Å². The summed E-state index contributed by atoms with van der Waals surface area (Å²) in [6, 6.07) is 16.1. The average molecular weight is 421 g/mol. The molecule has 7 nitrogen and oxygen atoms in total. The Labute approximate surface area is 184 Å². The molecule has 0 saturated heterocycles. The summed E-state index contributed by atoms with van der Waals surface area (Å²) in [4.78, 5) is 20.7. The summed E-state index contributed by atoms with van der Waals surface area (Å²) in [6.45, 7) is 6.38. The summed E-state index contributed by atoms with van der Waals surface area (Å²) in [5, 5.41) is 9.64. The van der Waals surface area contributed by atoms with Crippen LogP contribution in [0.25, 0.3) is 11.0 Å². The number of rotatable bonds is 9. The Morgan fingerprint density at radius 3 is 2.77 bits per heavy atom. The quantitative estimate of drug-likeness (QED) is 0.279. The molecule has 0 bridgehead atoms. The van der Waals surface area contributed by atoms with Crippen LogP contribution in [0.2, 0.25) is 0 Å². The first kappa shape index (κ1) is 22.3. The molecular formula is C24H32N6O. The fraction of sp³-hybridized carbons (Fsp3) is 0.375. The second-order valence-corrected chi connectivity index (χ2v) is 7.50. The van der Waals surface area contributed by atoms with Gasteiger partial charge in [-0.3, -0.25) is 9.79 Å². The highest BCUT2D eigenvalue weighted by Gasteiger charge is 2.06. The molecule has 1 aromatic heterocycles. The molecule has 3 N–H and O–H groups in total. The van der Waals surface area contributed by atoms with Crippen LogP contribution < -0.4 is 16.0 Å². The molecule has 164 valence electrons. The number of benzene rings is 2. The van der Waals surface area contributed by atoms with Gasteiger partial charge in [-0.15, -0.1) is 0 Å². The number of imidazole rings is 1. The fourth-order valence-corrected chi connectivity index (χ4v) is 3.54. The van der Waals surface area contributed by atoms with E-state index in [-0.39, 0.29) is 5.91 Å². The van der Waals surface area contributed by atoms with Crippen molar-refractivity contribution in [1.82, 2.24) is 20.2 Å². The lowest BCUT2D eigenvalue weighted by molar-refractivity contribution is -0.116. The van der Waals surface area contributed by atoms with E-state index in [1.807, 2.05) is 56.3 Å². The molecule has 0 aliphatic rings. The third kappa shape index (κ3) is 6.31. The molecule has 3 aromatic rings. The maximum atomic E-state index is 11.8. The predicted molar refractivity (Wildman–Crippen MR) is 127 cm³/mol. The number of nitrogens with zero attached hydrogens (tertiary/aromatic N) is 3. The highest BCUT2D eigenvalue weighted by atomic mass is 16.1. The van der Waals surface area contributed by atoms with Crippen LogP contribution in [-0.4, -0.2) is 35.0 Å². The van der Waals surface area contributed by atoms with Crippen molar-refractivity contribution in [3.05, 3.63) is 59.9 Å². The molecule has 0 aliphatic heterocycles. The van der Waals surface area contributed by atoms with Crippen molar-refractivity contribution in [3.63, 3.8) is 0 Å². The van der Waals surface area contributed by atoms with Crippen LogP contribution in [0.15, 0.2) is 53.5 Å². The summed E-state index contributed by atoms with van der Waals surface area (Å²) in [6.07, 6.45) is 2.33. The third-order valence-corrected chi connectivity index (χ3v) is 5.07. The van der Waals surface area contributed by atoms with E-state index in [0.29, 0.717) is 13.0 Å². The largest absolute Gasteiger partial charge is 0.356 e. The topological polar surface area (TPSA) is 83.3 Å². The number of hydrogen-bond donors (Lipinski definition) is 3. The number of fused-ring (bicyclic) bond motifs is 1. The van der Waals surface area contributed by atoms with Gasteiger partial charge in [0.2, 0.25) is 5.91 Å². The van der Waals surface area contributed by atoms with Crippen LogP contribution in [0.1, 0.15) is 37.6 Å². The number of nitrogens with one attached hydrogen (secondary N) is 3. The van der Waals surface area contributed by atoms with Crippen LogP contribution in [0, 0.1) is 6.92 Å². The van der Waals surface area contributed by atoms with Gasteiger partial charge < -0.3 is 20.5 Å². The van der Waals surface area contributed by atoms with E-state index in [2.05, 4.69) is 36.6 Å². The highest BCUT2D eigenvalue weighted by molar-refractivity contribution is 5.90. The van der Waals surface area contributed by atoms with Gasteiger partial charge in [0.1, 0.15) is 5.82 Å². The average Bonchev–Trinajstić information content (AvgIpc) is 3.08. The molecule has 0 spiro atoms. The third-order valence-electron chi connectivity index (χ3n) is 5.07. The van der Waals surface area contributed by atoms with E-state index in [4.69, 9.17) is 0 Å². The highest BCUT2D eigenvalue weighted by Crippen LogP contribution is 2.15. The predicted octanol–water partition coefficient (Wildman–Crippen LogP) is 3.84. The number of anilines is 1. The Morgan fingerprint density at radius 1 is 1.13 bits per heavy atom. The first-order valence-corrected chi connectivity index (χ1v) is 10.9. The maximum Gasteiger partial charge on any atom is 0.224 e. The van der Waals surface area contributed by atoms with Gasteiger partial charge >= 0.3 is 0 Å². The van der Waals surface area contributed by atoms with Gasteiger partial charge in [0, 0.05) is 38.8 Å². The number of carbonyl (C=O) groups excluding carboxylic acids is 1. The Kier molecular flexibility index (Phi) is 8.04. The summed E-state index contributed by atoms with van der Waals surface area (Å²) in [5.41, 5.74) is 4.12. The Balaban J connectivity index is 1.46. The molecular weight excluding hydrogens is 388 g/mol. The molecule has 1 heterocycles. The van der Waals surface area contributed by atoms with Gasteiger partial charge in [-0.1, -0.05) is 31.2 Å². The van der Waals surface area contributed by atoms with Crippen molar-refractivity contribution in [2.75, 3.05) is 18.9 Å². The fourth-order valence-electron chi connectivity index (χ4n) is 3.54. The van der Waals surface area contributed by atoms with E-state index < -0.39 is 0 Å². The Morgan fingerprint density at radius 2 is 1.97 bits per heavy atom. The molecule has 3 rings (SSSR count). The molecule has 31 heavy (non-hydrogen) atoms. The second kappa shape index (κ2) is 11.2. The van der Waals surface area contributed by atoms with Crippen molar-refractivity contribution in [3.8, 4) is 0 Å². The molecule has 2 aromatic carbocycles. The lowest BCUT2D eigenvalue weighted by atomic mass is 10.2.